The lowest BCUT2D eigenvalue weighted by atomic mass is 10.1. The van der Waals surface area contributed by atoms with Crippen molar-refractivity contribution in [2.24, 2.45) is 0 Å². The van der Waals surface area contributed by atoms with E-state index in [1.54, 1.807) is 0 Å². The molecule has 12 heavy (non-hydrogen) atoms. The first kappa shape index (κ1) is 7.66. The molecule has 0 bridgehead atoms. The van der Waals surface area contributed by atoms with Crippen LogP contribution in [0.3, 0.4) is 0 Å². The summed E-state index contributed by atoms with van der Waals surface area (Å²) in [6, 6.07) is 6.49. The third-order valence-electron chi connectivity index (χ3n) is 2.32. The third-order valence-corrected chi connectivity index (χ3v) is 2.32. The molecule has 0 radical (unpaired) electrons. The average molecular weight is 162 g/mol. The van der Waals surface area contributed by atoms with Gasteiger partial charge < -0.3 is 4.74 Å². The van der Waals surface area contributed by atoms with Gasteiger partial charge in [0, 0.05) is 0 Å². The Morgan fingerprint density at radius 2 is 2.17 bits per heavy atom. The zero-order valence-electron chi connectivity index (χ0n) is 7.47. The van der Waals surface area contributed by atoms with Gasteiger partial charge in [0.2, 0.25) is 0 Å². The van der Waals surface area contributed by atoms with Crippen molar-refractivity contribution in [2.75, 3.05) is 6.61 Å². The molecule has 0 aromatic heterocycles. The fourth-order valence-electron chi connectivity index (χ4n) is 1.60. The first-order valence-corrected chi connectivity index (χ1v) is 4.58. The topological polar surface area (TPSA) is 9.23 Å². The van der Waals surface area contributed by atoms with Crippen molar-refractivity contribution in [3.8, 4) is 5.75 Å². The lowest BCUT2D eigenvalue weighted by Crippen LogP contribution is -1.94. The summed E-state index contributed by atoms with van der Waals surface area (Å²) >= 11 is 0. The molecule has 2 rings (SSSR count). The van der Waals surface area contributed by atoms with Gasteiger partial charge in [0.1, 0.15) is 5.75 Å². The highest BCUT2D eigenvalue weighted by Gasteiger charge is 2.07. The maximum atomic E-state index is 5.63. The Balaban J connectivity index is 2.36. The molecule has 0 amide bonds. The summed E-state index contributed by atoms with van der Waals surface area (Å²) < 4.78 is 5.63. The molecule has 1 heteroatoms. The Bertz CT molecular complexity index is 278. The molecule has 1 aromatic rings. The Morgan fingerprint density at radius 3 is 3.08 bits per heavy atom. The third kappa shape index (κ3) is 1.45. The first-order chi connectivity index (χ1) is 5.86. The Hall–Kier alpha value is -0.980. The van der Waals surface area contributed by atoms with Crippen LogP contribution in [0.15, 0.2) is 18.2 Å². The highest BCUT2D eigenvalue weighted by Crippen LogP contribution is 2.24. The monoisotopic (exact) mass is 162 g/mol. The van der Waals surface area contributed by atoms with Gasteiger partial charge >= 0.3 is 0 Å². The highest BCUT2D eigenvalue weighted by atomic mass is 16.5. The fourth-order valence-corrected chi connectivity index (χ4v) is 1.60. The molecule has 0 atom stereocenters. The van der Waals surface area contributed by atoms with Gasteiger partial charge in [-0.05, 0) is 43.4 Å². The molecule has 0 saturated heterocycles. The SMILES string of the molecule is Cc1ccc2c(c1)OCCCC2. The zero-order chi connectivity index (χ0) is 8.39. The molecule has 64 valence electrons. The van der Waals surface area contributed by atoms with Gasteiger partial charge in [-0.1, -0.05) is 12.1 Å². The number of fused-ring (bicyclic) bond motifs is 1. The average Bonchev–Trinajstić information content (AvgIpc) is 2.28. The van der Waals surface area contributed by atoms with Crippen LogP contribution in [0.25, 0.3) is 0 Å². The first-order valence-electron chi connectivity index (χ1n) is 4.58. The van der Waals surface area contributed by atoms with Crippen LogP contribution in [0.2, 0.25) is 0 Å². The summed E-state index contributed by atoms with van der Waals surface area (Å²) in [4.78, 5) is 0. The standard InChI is InChI=1S/C11H14O/c1-9-5-6-10-4-2-3-7-12-11(10)8-9/h5-6,8H,2-4,7H2,1H3. The van der Waals surface area contributed by atoms with Crippen molar-refractivity contribution >= 4 is 0 Å². The lowest BCUT2D eigenvalue weighted by Gasteiger charge is -2.06. The Kier molecular flexibility index (Phi) is 2.03. The van der Waals surface area contributed by atoms with E-state index in [1.165, 1.54) is 30.4 Å². The highest BCUT2D eigenvalue weighted by molar-refractivity contribution is 5.37. The van der Waals surface area contributed by atoms with Gasteiger partial charge in [-0.2, -0.15) is 0 Å². The molecule has 0 saturated carbocycles. The summed E-state index contributed by atoms with van der Waals surface area (Å²) in [6.07, 6.45) is 3.62. The smallest absolute Gasteiger partial charge is 0.122 e. The van der Waals surface area contributed by atoms with Crippen molar-refractivity contribution in [2.45, 2.75) is 26.2 Å². The Morgan fingerprint density at radius 1 is 1.25 bits per heavy atom. The minimum absolute atomic E-state index is 0.885. The summed E-state index contributed by atoms with van der Waals surface area (Å²) in [5, 5.41) is 0. The van der Waals surface area contributed by atoms with E-state index in [1.807, 2.05) is 0 Å². The molecule has 0 N–H and O–H groups in total. The number of aryl methyl sites for hydroxylation is 2. The normalized spacial score (nSPS) is 16.1. The molecule has 0 spiro atoms. The predicted molar refractivity (Wildman–Crippen MR) is 49.6 cm³/mol. The van der Waals surface area contributed by atoms with E-state index in [-0.39, 0.29) is 0 Å². The minimum Gasteiger partial charge on any atom is -0.493 e. The van der Waals surface area contributed by atoms with Crippen molar-refractivity contribution in [1.82, 2.24) is 0 Å². The van der Waals surface area contributed by atoms with Crippen LogP contribution in [0.1, 0.15) is 24.0 Å². The van der Waals surface area contributed by atoms with Crippen molar-refractivity contribution in [3.63, 3.8) is 0 Å². The maximum Gasteiger partial charge on any atom is 0.122 e. The molecule has 0 aliphatic carbocycles. The van der Waals surface area contributed by atoms with Crippen molar-refractivity contribution in [1.29, 1.82) is 0 Å². The largest absolute Gasteiger partial charge is 0.493 e. The lowest BCUT2D eigenvalue weighted by molar-refractivity contribution is 0.316. The van der Waals surface area contributed by atoms with Gasteiger partial charge in [-0.15, -0.1) is 0 Å². The van der Waals surface area contributed by atoms with Crippen LogP contribution in [-0.4, -0.2) is 6.61 Å². The predicted octanol–water partition coefficient (Wildman–Crippen LogP) is 2.71. The second-order valence-electron chi connectivity index (χ2n) is 3.42. The summed E-state index contributed by atoms with van der Waals surface area (Å²) in [5.41, 5.74) is 2.66. The second-order valence-corrected chi connectivity index (χ2v) is 3.42. The molecule has 0 unspecified atom stereocenters. The summed E-state index contributed by atoms with van der Waals surface area (Å²) in [6.45, 7) is 2.99. The van der Waals surface area contributed by atoms with Crippen LogP contribution in [0.4, 0.5) is 0 Å². The molecule has 1 aliphatic rings. The molecule has 1 aliphatic heterocycles. The van der Waals surface area contributed by atoms with Crippen LogP contribution < -0.4 is 4.74 Å². The fraction of sp³-hybridized carbons (Fsp3) is 0.455. The molecule has 1 heterocycles. The van der Waals surface area contributed by atoms with Crippen LogP contribution in [0, 0.1) is 6.92 Å². The quantitative estimate of drug-likeness (QED) is 0.570. The number of ether oxygens (including phenoxy) is 1. The van der Waals surface area contributed by atoms with Gasteiger partial charge in [-0.25, -0.2) is 0 Å². The van der Waals surface area contributed by atoms with Gasteiger partial charge in [0.05, 0.1) is 6.61 Å². The van der Waals surface area contributed by atoms with E-state index in [0.717, 1.165) is 12.4 Å². The molecule has 1 nitrogen and oxygen atoms in total. The molecular formula is C11H14O. The Labute approximate surface area is 73.4 Å². The number of rotatable bonds is 0. The van der Waals surface area contributed by atoms with Gasteiger partial charge in [-0.3, -0.25) is 0 Å². The second kappa shape index (κ2) is 3.18. The van der Waals surface area contributed by atoms with Crippen molar-refractivity contribution < 1.29 is 4.74 Å². The maximum absolute atomic E-state index is 5.63. The zero-order valence-corrected chi connectivity index (χ0v) is 7.47. The van der Waals surface area contributed by atoms with E-state index in [9.17, 15) is 0 Å². The van der Waals surface area contributed by atoms with Gasteiger partial charge in [0.15, 0.2) is 0 Å². The van der Waals surface area contributed by atoms with E-state index in [4.69, 9.17) is 4.74 Å². The number of benzene rings is 1. The van der Waals surface area contributed by atoms with Crippen molar-refractivity contribution in [3.05, 3.63) is 29.3 Å². The number of hydrogen-bond acceptors (Lipinski definition) is 1. The van der Waals surface area contributed by atoms with E-state index < -0.39 is 0 Å². The van der Waals surface area contributed by atoms with E-state index >= 15 is 0 Å². The molecule has 1 aromatic carbocycles. The number of hydrogen-bond donors (Lipinski definition) is 0. The molecular weight excluding hydrogens is 148 g/mol. The van der Waals surface area contributed by atoms with Crippen LogP contribution in [-0.2, 0) is 6.42 Å². The van der Waals surface area contributed by atoms with E-state index in [2.05, 4.69) is 25.1 Å². The minimum atomic E-state index is 0.885. The van der Waals surface area contributed by atoms with Crippen LogP contribution in [0.5, 0.6) is 5.75 Å². The molecule has 0 fully saturated rings. The van der Waals surface area contributed by atoms with Gasteiger partial charge in [0.25, 0.3) is 0 Å². The summed E-state index contributed by atoms with van der Waals surface area (Å²) in [7, 11) is 0. The summed E-state index contributed by atoms with van der Waals surface area (Å²) in [5.74, 6) is 1.10. The van der Waals surface area contributed by atoms with E-state index in [0.29, 0.717) is 0 Å². The van der Waals surface area contributed by atoms with Crippen LogP contribution >= 0.6 is 0 Å².